The highest BCUT2D eigenvalue weighted by atomic mass is 127. The Balaban J connectivity index is 2.10. The van der Waals surface area contributed by atoms with Crippen molar-refractivity contribution < 1.29 is 0 Å². The van der Waals surface area contributed by atoms with Crippen LogP contribution in [0, 0.1) is 11.8 Å². The van der Waals surface area contributed by atoms with Gasteiger partial charge in [-0.1, -0.05) is 76.9 Å². The molecule has 0 bridgehead atoms. The molecule has 0 amide bonds. The van der Waals surface area contributed by atoms with Crippen LogP contribution in [0.15, 0.2) is 54.6 Å². The lowest BCUT2D eigenvalue weighted by molar-refractivity contribution is 1.24. The summed E-state index contributed by atoms with van der Waals surface area (Å²) in [6, 6.07) is 18.6. The number of benzene rings is 2. The largest absolute Gasteiger partial charge is 0.0931 e. The maximum atomic E-state index is 3.24. The zero-order chi connectivity index (χ0) is 11.9. The van der Waals surface area contributed by atoms with Gasteiger partial charge in [-0.3, -0.25) is 0 Å². The van der Waals surface area contributed by atoms with Crippen LogP contribution in [0.3, 0.4) is 0 Å². The molecule has 0 saturated carbocycles. The van der Waals surface area contributed by atoms with Crippen molar-refractivity contribution in [2.75, 3.05) is 0 Å². The van der Waals surface area contributed by atoms with Gasteiger partial charge in [0.25, 0.3) is 0 Å². The number of hydrogen-bond acceptors (Lipinski definition) is 0. The Morgan fingerprint density at radius 3 is 2.18 bits per heavy atom. The van der Waals surface area contributed by atoms with Crippen molar-refractivity contribution in [1.82, 2.24) is 0 Å². The second-order valence-corrected chi connectivity index (χ2v) is 4.51. The predicted molar refractivity (Wildman–Crippen MR) is 81.2 cm³/mol. The number of hydrogen-bond donors (Lipinski definition) is 0. The average Bonchev–Trinajstić information content (AvgIpc) is 2.40. The summed E-state index contributed by atoms with van der Waals surface area (Å²) in [5.41, 5.74) is 3.81. The van der Waals surface area contributed by atoms with Gasteiger partial charge in [0.1, 0.15) is 0 Å². The van der Waals surface area contributed by atoms with Gasteiger partial charge in [-0.15, -0.1) is 0 Å². The molecule has 0 aliphatic heterocycles. The quantitative estimate of drug-likeness (QED) is 0.439. The zero-order valence-electron chi connectivity index (χ0n) is 9.49. The molecular weight excluding hydrogens is 319 g/mol. The molecule has 2 rings (SSSR count). The second-order valence-electron chi connectivity index (χ2n) is 3.75. The highest BCUT2D eigenvalue weighted by molar-refractivity contribution is 14.1. The topological polar surface area (TPSA) is 0 Å². The van der Waals surface area contributed by atoms with Crippen LogP contribution >= 0.6 is 22.6 Å². The molecule has 0 aliphatic carbocycles. The van der Waals surface area contributed by atoms with Crippen LogP contribution in [0.1, 0.15) is 16.7 Å². The highest BCUT2D eigenvalue weighted by Gasteiger charge is 1.97. The van der Waals surface area contributed by atoms with Gasteiger partial charge in [0, 0.05) is 16.4 Å². The van der Waals surface area contributed by atoms with Crippen molar-refractivity contribution in [3.63, 3.8) is 0 Å². The van der Waals surface area contributed by atoms with Gasteiger partial charge in [-0.2, -0.15) is 0 Å². The fourth-order valence-electron chi connectivity index (χ4n) is 1.62. The van der Waals surface area contributed by atoms with E-state index in [-0.39, 0.29) is 0 Å². The average molecular weight is 332 g/mol. The smallest absolute Gasteiger partial charge is 0.0347 e. The van der Waals surface area contributed by atoms with E-state index >= 15 is 0 Å². The van der Waals surface area contributed by atoms with Crippen LogP contribution in [-0.4, -0.2) is 0 Å². The van der Waals surface area contributed by atoms with Crippen molar-refractivity contribution in [2.45, 2.75) is 10.8 Å². The fourth-order valence-corrected chi connectivity index (χ4v) is 2.37. The Labute approximate surface area is 116 Å². The Bertz CT molecular complexity index is 532. The maximum Gasteiger partial charge on any atom is 0.0347 e. The van der Waals surface area contributed by atoms with Crippen LogP contribution in [0.25, 0.3) is 0 Å². The van der Waals surface area contributed by atoms with Gasteiger partial charge < -0.3 is 0 Å². The third-order valence-corrected chi connectivity index (χ3v) is 3.37. The molecule has 0 saturated heterocycles. The minimum Gasteiger partial charge on any atom is -0.0931 e. The standard InChI is InChI=1S/C16H13I/c17-13-16-11-5-4-10-15(16)12-6-9-14-7-2-1-3-8-14/h1-5,7-8,10-11H,12-13H2. The molecule has 17 heavy (non-hydrogen) atoms. The molecule has 1 heteroatoms. The molecule has 2 aromatic carbocycles. The molecule has 0 N–H and O–H groups in total. The van der Waals surface area contributed by atoms with E-state index in [4.69, 9.17) is 0 Å². The molecule has 0 aliphatic rings. The minimum atomic E-state index is 0.827. The molecular formula is C16H13I. The first-order chi connectivity index (χ1) is 8.40. The number of rotatable bonds is 2. The summed E-state index contributed by atoms with van der Waals surface area (Å²) in [4.78, 5) is 0. The Hall–Kier alpha value is -1.27. The van der Waals surface area contributed by atoms with Crippen LogP contribution in [0.4, 0.5) is 0 Å². The van der Waals surface area contributed by atoms with E-state index in [1.807, 2.05) is 30.3 Å². The summed E-state index contributed by atoms with van der Waals surface area (Å²) in [5, 5.41) is 0. The highest BCUT2D eigenvalue weighted by Crippen LogP contribution is 2.12. The summed E-state index contributed by atoms with van der Waals surface area (Å²) < 4.78 is 1.04. The van der Waals surface area contributed by atoms with Crippen LogP contribution in [0.2, 0.25) is 0 Å². The first kappa shape index (κ1) is 12.2. The first-order valence-electron chi connectivity index (χ1n) is 5.57. The Morgan fingerprint density at radius 1 is 0.824 bits per heavy atom. The lowest BCUT2D eigenvalue weighted by Gasteiger charge is -2.01. The zero-order valence-corrected chi connectivity index (χ0v) is 11.6. The monoisotopic (exact) mass is 332 g/mol. The molecule has 0 radical (unpaired) electrons. The van der Waals surface area contributed by atoms with Gasteiger partial charge in [-0.05, 0) is 23.3 Å². The molecule has 0 spiro atoms. The molecule has 0 fully saturated rings. The summed E-state index contributed by atoms with van der Waals surface area (Å²) >= 11 is 2.39. The second kappa shape index (κ2) is 6.46. The van der Waals surface area contributed by atoms with E-state index in [1.165, 1.54) is 11.1 Å². The summed E-state index contributed by atoms with van der Waals surface area (Å²) in [6.45, 7) is 0. The predicted octanol–water partition coefficient (Wildman–Crippen LogP) is 4.22. The summed E-state index contributed by atoms with van der Waals surface area (Å²) in [6.07, 6.45) is 0.827. The van der Waals surface area contributed by atoms with Gasteiger partial charge in [0.05, 0.1) is 0 Å². The lowest BCUT2D eigenvalue weighted by atomic mass is 10.1. The Kier molecular flexibility index (Phi) is 4.63. The van der Waals surface area contributed by atoms with E-state index in [1.54, 1.807) is 0 Å². The Morgan fingerprint density at radius 2 is 1.47 bits per heavy atom. The first-order valence-corrected chi connectivity index (χ1v) is 7.09. The van der Waals surface area contributed by atoms with E-state index < -0.39 is 0 Å². The SMILES string of the molecule is ICc1ccccc1CC#Cc1ccccc1. The maximum absolute atomic E-state index is 3.24. The molecule has 0 aromatic heterocycles. The molecule has 0 heterocycles. The van der Waals surface area contributed by atoms with Crippen LogP contribution < -0.4 is 0 Å². The van der Waals surface area contributed by atoms with Crippen LogP contribution in [0.5, 0.6) is 0 Å². The van der Waals surface area contributed by atoms with Crippen molar-refractivity contribution in [3.8, 4) is 11.8 Å². The van der Waals surface area contributed by atoms with E-state index in [0.717, 1.165) is 16.4 Å². The normalized spacial score (nSPS) is 9.47. The van der Waals surface area contributed by atoms with Gasteiger partial charge in [0.2, 0.25) is 0 Å². The minimum absolute atomic E-state index is 0.827. The van der Waals surface area contributed by atoms with E-state index in [9.17, 15) is 0 Å². The van der Waals surface area contributed by atoms with Gasteiger partial charge >= 0.3 is 0 Å². The van der Waals surface area contributed by atoms with Gasteiger partial charge in [-0.25, -0.2) is 0 Å². The van der Waals surface area contributed by atoms with Crippen molar-refractivity contribution >= 4 is 22.6 Å². The van der Waals surface area contributed by atoms with E-state index in [0.29, 0.717) is 0 Å². The van der Waals surface area contributed by atoms with Gasteiger partial charge in [0.15, 0.2) is 0 Å². The summed E-state index contributed by atoms with van der Waals surface area (Å²) in [5.74, 6) is 6.43. The van der Waals surface area contributed by atoms with Crippen molar-refractivity contribution in [3.05, 3.63) is 71.3 Å². The fraction of sp³-hybridized carbons (Fsp3) is 0.125. The molecule has 0 atom stereocenters. The molecule has 84 valence electrons. The lowest BCUT2D eigenvalue weighted by Crippen LogP contribution is -1.88. The van der Waals surface area contributed by atoms with Crippen molar-refractivity contribution in [2.24, 2.45) is 0 Å². The van der Waals surface area contributed by atoms with E-state index in [2.05, 4.69) is 58.7 Å². The molecule has 0 nitrogen and oxygen atoms in total. The molecule has 0 unspecified atom stereocenters. The van der Waals surface area contributed by atoms with Crippen molar-refractivity contribution in [1.29, 1.82) is 0 Å². The number of halogens is 1. The summed E-state index contributed by atoms with van der Waals surface area (Å²) in [7, 11) is 0. The third-order valence-electron chi connectivity index (χ3n) is 2.55. The van der Waals surface area contributed by atoms with Crippen LogP contribution in [-0.2, 0) is 10.8 Å². The third kappa shape index (κ3) is 3.61. The molecule has 2 aromatic rings. The number of alkyl halides is 1.